The highest BCUT2D eigenvalue weighted by Gasteiger charge is 2.31. The Morgan fingerprint density at radius 1 is 0.667 bits per heavy atom. The third kappa shape index (κ3) is 17.4. The molecule has 0 unspecified atom stereocenters. The summed E-state index contributed by atoms with van der Waals surface area (Å²) in [5.74, 6) is 0. The summed E-state index contributed by atoms with van der Waals surface area (Å²) < 4.78 is 65.3. The number of carbonyl (C=O) groups excluding carboxylic acids is 2. The molecule has 7 rings (SSSR count). The second-order valence-corrected chi connectivity index (χ2v) is 23.2. The predicted octanol–water partition coefficient (Wildman–Crippen LogP) is 7.03. The quantitative estimate of drug-likeness (QED) is 0.138. The number of halogens is 2. The van der Waals surface area contributed by atoms with Crippen LogP contribution in [0.3, 0.4) is 0 Å². The van der Waals surface area contributed by atoms with Crippen LogP contribution in [0.4, 0.5) is 26.7 Å². The number of anilines is 3. The first-order valence-electron chi connectivity index (χ1n) is 23.9. The van der Waals surface area contributed by atoms with E-state index < -0.39 is 43.8 Å². The van der Waals surface area contributed by atoms with Crippen LogP contribution in [-0.2, 0) is 29.9 Å². The maximum Gasteiger partial charge on any atom is 0.474 e. The zero-order valence-electron chi connectivity index (χ0n) is 44.8. The maximum atomic E-state index is 12.7. The summed E-state index contributed by atoms with van der Waals surface area (Å²) in [5, 5.41) is 24.5. The average molecular weight is 1120 g/mol. The molecule has 2 amide bonds. The number of carbonyl (C=O) groups is 2. The number of hydrogen-bond acceptors (Lipinski definition) is 16. The van der Waals surface area contributed by atoms with E-state index in [1.165, 1.54) is 27.8 Å². The van der Waals surface area contributed by atoms with E-state index in [2.05, 4.69) is 58.3 Å². The lowest BCUT2D eigenvalue weighted by molar-refractivity contribution is -0.512. The van der Waals surface area contributed by atoms with Gasteiger partial charge >= 0.3 is 32.6 Å². The molecular weight excluding hydrogens is 1040 g/mol. The number of hydrogen-bond donors (Lipinski definition) is 3. The van der Waals surface area contributed by atoms with E-state index in [9.17, 15) is 36.9 Å². The van der Waals surface area contributed by atoms with Crippen LogP contribution in [0.25, 0.3) is 21.8 Å². The van der Waals surface area contributed by atoms with E-state index in [0.29, 0.717) is 30.6 Å². The zero-order chi connectivity index (χ0) is 54.1. The molecule has 5 heterocycles. The minimum atomic E-state index is -4.05. The van der Waals surface area contributed by atoms with Crippen LogP contribution in [0.2, 0.25) is 0 Å². The molecule has 2 fully saturated rings. The Balaban J connectivity index is 0.000000304. The molecule has 0 radical (unpaired) electrons. The van der Waals surface area contributed by atoms with Gasteiger partial charge in [-0.1, -0.05) is 3.97 Å². The van der Waals surface area contributed by atoms with Crippen molar-refractivity contribution in [1.82, 2.24) is 29.0 Å². The van der Waals surface area contributed by atoms with Gasteiger partial charge in [-0.15, -0.1) is 33.2 Å². The summed E-state index contributed by atoms with van der Waals surface area (Å²) in [5.41, 5.74) is 8.67. The molecule has 2 aromatic carbocycles. The second-order valence-electron chi connectivity index (χ2n) is 20.0. The Morgan fingerprint density at radius 2 is 1.12 bits per heavy atom. The molecule has 3 aromatic heterocycles. The van der Waals surface area contributed by atoms with Crippen LogP contribution < -0.4 is 33.4 Å². The molecule has 0 saturated carbocycles. The Hall–Kier alpha value is -6.27. The molecule has 2 aliphatic heterocycles. The molecule has 0 aliphatic carbocycles. The summed E-state index contributed by atoms with van der Waals surface area (Å²) in [6, 6.07) is 16.1. The van der Waals surface area contributed by atoms with E-state index >= 15 is 0 Å². The highest BCUT2D eigenvalue weighted by atomic mass is 35.5. The lowest BCUT2D eigenvalue weighted by atomic mass is 10.0. The molecule has 0 atom stereocenters. The summed E-state index contributed by atoms with van der Waals surface area (Å²) in [4.78, 5) is 38.6. The number of nitriles is 2. The maximum absolute atomic E-state index is 12.7. The van der Waals surface area contributed by atoms with Gasteiger partial charge in [0.2, 0.25) is 0 Å². The highest BCUT2D eigenvalue weighted by Crippen LogP contribution is 2.33. The van der Waals surface area contributed by atoms with Gasteiger partial charge in [-0.25, -0.2) is 14.3 Å². The van der Waals surface area contributed by atoms with Crippen molar-refractivity contribution in [3.63, 3.8) is 0 Å². The molecule has 75 heavy (non-hydrogen) atoms. The van der Waals surface area contributed by atoms with E-state index in [4.69, 9.17) is 9.47 Å². The van der Waals surface area contributed by atoms with Crippen molar-refractivity contribution >= 4 is 96.3 Å². The van der Waals surface area contributed by atoms with Gasteiger partial charge in [0.25, 0.3) is 0 Å². The third-order valence-electron chi connectivity index (χ3n) is 11.7. The van der Waals surface area contributed by atoms with Gasteiger partial charge in [0.1, 0.15) is 23.3 Å². The lowest BCUT2D eigenvalue weighted by Gasteiger charge is -2.26. The SMILES string of the molecule is CN(C)c1cc[n+](S(=O)(=O)NC(=O)OC(C)(C)C)cc1.Cc1cc2ncc(C#N)c(N3CCCN(S(=O)(=O)NC(=O)OC(C)(C)C)CC3)c2cc1C.Cc1cc2ncc(C#N)c(N3CCCNCC3)c2cc1C.Cl.Cl. The number of pyridine rings is 3. The van der Waals surface area contributed by atoms with Gasteiger partial charge in [0.05, 0.1) is 33.5 Å². The van der Waals surface area contributed by atoms with Crippen LogP contribution in [0.1, 0.15) is 87.8 Å². The van der Waals surface area contributed by atoms with Crippen molar-refractivity contribution in [3.8, 4) is 12.1 Å². The molecule has 3 N–H and O–H groups in total. The van der Waals surface area contributed by atoms with Gasteiger partial charge < -0.3 is 29.5 Å². The zero-order valence-corrected chi connectivity index (χ0v) is 48.0. The van der Waals surface area contributed by atoms with E-state index in [0.717, 1.165) is 86.6 Å². The number of nitrogens with zero attached hydrogens (tertiary/aromatic N) is 9. The average Bonchev–Trinajstić information content (AvgIpc) is 3.73. The summed E-state index contributed by atoms with van der Waals surface area (Å²) in [7, 11) is -4.37. The minimum absolute atomic E-state index is 0. The van der Waals surface area contributed by atoms with Crippen LogP contribution in [0, 0.1) is 50.4 Å². The fraction of sp³-hybridized carbons (Fsp3) is 0.471. The molecule has 0 bridgehead atoms. The Morgan fingerprint density at radius 3 is 1.59 bits per heavy atom. The molecule has 408 valence electrons. The van der Waals surface area contributed by atoms with Gasteiger partial charge in [0.15, 0.2) is 12.4 Å². The van der Waals surface area contributed by atoms with E-state index in [-0.39, 0.29) is 37.9 Å². The lowest BCUT2D eigenvalue weighted by Crippen LogP contribution is -2.52. The first-order valence-corrected chi connectivity index (χ1v) is 26.8. The summed E-state index contributed by atoms with van der Waals surface area (Å²) in [6.45, 7) is 23.4. The standard InChI is InChI=1S/C22H29N5O4S.C17H20N4.C12H19N3O4S.2ClH/c1-15-11-18-19(12-16(15)2)24-14-17(13-23)20(18)26-7-6-8-27(10-9-26)32(29,30)25-21(28)31-22(3,4)5;1-12-8-15-16(9-13(12)2)20-11-14(10-18)17(15)21-6-3-4-19-5-7-21;1-12(2,3)19-11(16)13-20(17,18)15-8-6-10(7-9-15)14(4)5;;/h11-12,14H,6-10H2,1-5H3,(H,25,28);8-9,11,19H,3-7H2,1-2H3;6-9H,1-5H3;2*1H/p+1. The molecule has 20 nitrogen and oxygen atoms in total. The van der Waals surface area contributed by atoms with E-state index in [1.807, 2.05) is 59.3 Å². The van der Waals surface area contributed by atoms with Crippen LogP contribution in [0.15, 0.2) is 61.2 Å². The van der Waals surface area contributed by atoms with Crippen LogP contribution >= 0.6 is 24.8 Å². The predicted molar refractivity (Wildman–Crippen MR) is 297 cm³/mol. The molecule has 5 aromatic rings. The molecule has 0 spiro atoms. The number of amides is 2. The van der Waals surface area contributed by atoms with Crippen molar-refractivity contribution in [2.75, 3.05) is 81.2 Å². The minimum Gasteiger partial charge on any atom is -0.443 e. The normalized spacial score (nSPS) is 14.3. The Labute approximate surface area is 454 Å². The Bertz CT molecular complexity index is 3130. The number of nitrogens with one attached hydrogen (secondary N) is 3. The molecular formula is C51H71Cl2N12O8S2+. The van der Waals surface area contributed by atoms with Crippen molar-refractivity contribution in [2.45, 2.75) is 93.3 Å². The smallest absolute Gasteiger partial charge is 0.443 e. The van der Waals surface area contributed by atoms with Crippen LogP contribution in [0.5, 0.6) is 0 Å². The van der Waals surface area contributed by atoms with Crippen LogP contribution in [-0.4, -0.2) is 121 Å². The van der Waals surface area contributed by atoms with Crippen molar-refractivity contribution in [3.05, 3.63) is 94.6 Å². The van der Waals surface area contributed by atoms with E-state index in [1.54, 1.807) is 66.1 Å². The Kier molecular flexibility index (Phi) is 22.2. The van der Waals surface area contributed by atoms with Crippen molar-refractivity contribution < 1.29 is 39.9 Å². The topological polar surface area (TPSA) is 247 Å². The van der Waals surface area contributed by atoms with Gasteiger partial charge in [-0.3, -0.25) is 9.97 Å². The third-order valence-corrected chi connectivity index (χ3v) is 14.4. The largest absolute Gasteiger partial charge is 0.474 e. The van der Waals surface area contributed by atoms with Gasteiger partial charge in [-0.2, -0.15) is 28.0 Å². The molecule has 2 aliphatic rings. The first kappa shape index (κ1) is 63.0. The number of aromatic nitrogens is 3. The monoisotopic (exact) mass is 1110 g/mol. The summed E-state index contributed by atoms with van der Waals surface area (Å²) in [6.07, 6.45) is 5.59. The fourth-order valence-electron chi connectivity index (χ4n) is 7.94. The second kappa shape index (κ2) is 26.5. The fourth-order valence-corrected chi connectivity index (χ4v) is 9.81. The molecule has 2 saturated heterocycles. The van der Waals surface area contributed by atoms with Gasteiger partial charge in [-0.05, 0) is 135 Å². The highest BCUT2D eigenvalue weighted by molar-refractivity contribution is 7.87. The number of benzene rings is 2. The van der Waals surface area contributed by atoms with Crippen molar-refractivity contribution in [1.29, 1.82) is 10.5 Å². The van der Waals surface area contributed by atoms with Gasteiger partial charge in [0, 0.05) is 101 Å². The first-order chi connectivity index (χ1) is 34.1. The summed E-state index contributed by atoms with van der Waals surface area (Å²) >= 11 is 0. The number of aryl methyl sites for hydroxylation is 4. The number of fused-ring (bicyclic) bond motifs is 2. The number of ether oxygens (including phenoxy) is 2. The molecule has 24 heteroatoms. The van der Waals surface area contributed by atoms with Crippen molar-refractivity contribution in [2.24, 2.45) is 0 Å². The number of rotatable bonds is 7.